The highest BCUT2D eigenvalue weighted by Crippen LogP contribution is 2.30. The summed E-state index contributed by atoms with van der Waals surface area (Å²) < 4.78 is 15.1. The van der Waals surface area contributed by atoms with E-state index in [9.17, 15) is 9.18 Å². The summed E-state index contributed by atoms with van der Waals surface area (Å²) >= 11 is 6.35. The molecule has 6 heteroatoms. The lowest BCUT2D eigenvalue weighted by atomic mass is 9.95. The van der Waals surface area contributed by atoms with Gasteiger partial charge in [0.15, 0.2) is 5.69 Å². The Labute approximate surface area is 168 Å². The van der Waals surface area contributed by atoms with Crippen molar-refractivity contribution in [2.75, 3.05) is 5.32 Å². The van der Waals surface area contributed by atoms with Gasteiger partial charge in [-0.05, 0) is 81.0 Å². The molecule has 0 saturated heterocycles. The minimum atomic E-state index is -0.299. The van der Waals surface area contributed by atoms with Crippen molar-refractivity contribution in [3.8, 4) is 5.69 Å². The molecule has 28 heavy (non-hydrogen) atoms. The molecule has 1 aliphatic carbocycles. The van der Waals surface area contributed by atoms with E-state index in [1.54, 1.807) is 16.8 Å². The quantitative estimate of drug-likeness (QED) is 0.642. The van der Waals surface area contributed by atoms with Gasteiger partial charge >= 0.3 is 0 Å². The molecule has 1 aromatic heterocycles. The van der Waals surface area contributed by atoms with Crippen LogP contribution in [0.2, 0.25) is 5.02 Å². The first-order valence-corrected chi connectivity index (χ1v) is 9.76. The van der Waals surface area contributed by atoms with Crippen LogP contribution in [-0.4, -0.2) is 15.7 Å². The van der Waals surface area contributed by atoms with Crippen molar-refractivity contribution in [3.05, 3.63) is 75.3 Å². The molecule has 1 N–H and O–H groups in total. The molecule has 2 aromatic carbocycles. The average Bonchev–Trinajstić information content (AvgIpc) is 3.05. The van der Waals surface area contributed by atoms with Gasteiger partial charge in [-0.3, -0.25) is 4.79 Å². The Kier molecular flexibility index (Phi) is 4.94. The molecule has 4 rings (SSSR count). The van der Waals surface area contributed by atoms with E-state index in [1.165, 1.54) is 12.1 Å². The number of hydrogen-bond acceptors (Lipinski definition) is 2. The minimum Gasteiger partial charge on any atom is -0.319 e. The zero-order chi connectivity index (χ0) is 19.8. The number of rotatable bonds is 3. The number of fused-ring (bicyclic) bond motifs is 1. The number of amides is 1. The maximum Gasteiger partial charge on any atom is 0.276 e. The molecule has 3 aromatic rings. The molecule has 1 amide bonds. The van der Waals surface area contributed by atoms with Crippen LogP contribution in [0.4, 0.5) is 10.1 Å². The average molecular weight is 398 g/mol. The highest BCUT2D eigenvalue weighted by atomic mass is 35.5. The summed E-state index contributed by atoms with van der Waals surface area (Å²) in [6.07, 6.45) is 3.72. The molecule has 1 heterocycles. The molecular formula is C22H21ClFN3O. The van der Waals surface area contributed by atoms with Gasteiger partial charge in [0.2, 0.25) is 0 Å². The van der Waals surface area contributed by atoms with Gasteiger partial charge in [0.1, 0.15) is 5.82 Å². The fourth-order valence-corrected chi connectivity index (χ4v) is 4.19. The van der Waals surface area contributed by atoms with Crippen LogP contribution in [0, 0.1) is 19.7 Å². The lowest BCUT2D eigenvalue weighted by molar-refractivity contribution is 0.102. The van der Waals surface area contributed by atoms with Gasteiger partial charge in [-0.15, -0.1) is 0 Å². The van der Waals surface area contributed by atoms with Gasteiger partial charge in [-0.2, -0.15) is 5.10 Å². The molecule has 0 saturated carbocycles. The molecule has 0 spiro atoms. The van der Waals surface area contributed by atoms with Crippen LogP contribution in [0.5, 0.6) is 0 Å². The summed E-state index contributed by atoms with van der Waals surface area (Å²) in [4.78, 5) is 13.1. The summed E-state index contributed by atoms with van der Waals surface area (Å²) in [5.41, 5.74) is 5.71. The third-order valence-electron chi connectivity index (χ3n) is 5.14. The number of nitrogens with one attached hydrogen (secondary N) is 1. The van der Waals surface area contributed by atoms with Gasteiger partial charge in [-0.1, -0.05) is 17.7 Å². The smallest absolute Gasteiger partial charge is 0.276 e. The Morgan fingerprint density at radius 1 is 1.14 bits per heavy atom. The van der Waals surface area contributed by atoms with Crippen molar-refractivity contribution in [2.24, 2.45) is 0 Å². The lowest BCUT2D eigenvalue weighted by Crippen LogP contribution is -2.16. The number of anilines is 1. The van der Waals surface area contributed by atoms with E-state index in [-0.39, 0.29) is 11.7 Å². The summed E-state index contributed by atoms with van der Waals surface area (Å²) in [5.74, 6) is -0.569. The van der Waals surface area contributed by atoms with Crippen LogP contribution in [0.3, 0.4) is 0 Å². The molecular weight excluding hydrogens is 377 g/mol. The number of nitrogens with zero attached hydrogens (tertiary/aromatic N) is 2. The molecule has 0 fully saturated rings. The number of aromatic nitrogens is 2. The number of carbonyl (C=O) groups is 1. The number of benzene rings is 2. The van der Waals surface area contributed by atoms with Gasteiger partial charge in [-0.25, -0.2) is 9.07 Å². The Morgan fingerprint density at radius 3 is 2.57 bits per heavy atom. The van der Waals surface area contributed by atoms with Crippen LogP contribution in [0.25, 0.3) is 5.69 Å². The number of halogens is 2. The van der Waals surface area contributed by atoms with Gasteiger partial charge in [0.25, 0.3) is 5.91 Å². The van der Waals surface area contributed by atoms with Gasteiger partial charge in [0, 0.05) is 11.3 Å². The van der Waals surface area contributed by atoms with Crippen molar-refractivity contribution in [1.29, 1.82) is 0 Å². The van der Waals surface area contributed by atoms with E-state index >= 15 is 0 Å². The van der Waals surface area contributed by atoms with E-state index in [0.29, 0.717) is 16.4 Å². The van der Waals surface area contributed by atoms with Crippen molar-refractivity contribution in [2.45, 2.75) is 39.5 Å². The molecule has 1 aliphatic rings. The minimum absolute atomic E-state index is 0.270. The van der Waals surface area contributed by atoms with E-state index < -0.39 is 0 Å². The maximum atomic E-state index is 13.3. The van der Waals surface area contributed by atoms with Gasteiger partial charge in [0.05, 0.1) is 16.4 Å². The zero-order valence-electron chi connectivity index (χ0n) is 15.9. The predicted octanol–water partition coefficient (Wildman–Crippen LogP) is 5.41. The van der Waals surface area contributed by atoms with E-state index in [0.717, 1.165) is 53.8 Å². The number of hydrogen-bond donors (Lipinski definition) is 1. The van der Waals surface area contributed by atoms with Gasteiger partial charge < -0.3 is 5.32 Å². The summed E-state index contributed by atoms with van der Waals surface area (Å²) in [7, 11) is 0. The first kappa shape index (κ1) is 18.7. The Morgan fingerprint density at radius 2 is 1.86 bits per heavy atom. The van der Waals surface area contributed by atoms with Crippen LogP contribution >= 0.6 is 11.6 Å². The monoisotopic (exact) mass is 397 g/mol. The predicted molar refractivity (Wildman–Crippen MR) is 109 cm³/mol. The third-order valence-corrected chi connectivity index (χ3v) is 5.43. The second kappa shape index (κ2) is 7.40. The van der Waals surface area contributed by atoms with Crippen LogP contribution in [0.1, 0.15) is 45.7 Å². The van der Waals surface area contributed by atoms with Crippen molar-refractivity contribution in [1.82, 2.24) is 9.78 Å². The first-order valence-electron chi connectivity index (χ1n) is 9.39. The van der Waals surface area contributed by atoms with Crippen LogP contribution in [-0.2, 0) is 12.8 Å². The molecule has 144 valence electrons. The third kappa shape index (κ3) is 3.42. The molecule has 4 nitrogen and oxygen atoms in total. The number of aryl methyl sites for hydroxylation is 2. The SMILES string of the molecule is Cc1cc(C)c(NC(=O)c2nn(-c3ccc(F)cc3)c3c2CCCC3)c(Cl)c1. The fraction of sp³-hybridized carbons (Fsp3) is 0.273. The van der Waals surface area contributed by atoms with Crippen molar-refractivity contribution < 1.29 is 9.18 Å². The highest BCUT2D eigenvalue weighted by molar-refractivity contribution is 6.34. The van der Waals surface area contributed by atoms with Crippen LogP contribution < -0.4 is 5.32 Å². The Balaban J connectivity index is 1.74. The van der Waals surface area contributed by atoms with Crippen molar-refractivity contribution in [3.63, 3.8) is 0 Å². The van der Waals surface area contributed by atoms with E-state index in [1.807, 2.05) is 26.0 Å². The molecule has 0 unspecified atom stereocenters. The zero-order valence-corrected chi connectivity index (χ0v) is 16.6. The lowest BCUT2D eigenvalue weighted by Gasteiger charge is -2.14. The summed E-state index contributed by atoms with van der Waals surface area (Å²) in [6.45, 7) is 3.88. The Bertz CT molecular complexity index is 1030. The van der Waals surface area contributed by atoms with E-state index in [4.69, 9.17) is 11.6 Å². The molecule has 0 radical (unpaired) electrons. The second-order valence-electron chi connectivity index (χ2n) is 7.26. The molecule has 0 atom stereocenters. The topological polar surface area (TPSA) is 46.9 Å². The van der Waals surface area contributed by atoms with Crippen LogP contribution in [0.15, 0.2) is 36.4 Å². The molecule has 0 aliphatic heterocycles. The highest BCUT2D eigenvalue weighted by Gasteiger charge is 2.26. The van der Waals surface area contributed by atoms with Crippen molar-refractivity contribution >= 4 is 23.2 Å². The maximum absolute atomic E-state index is 13.3. The summed E-state index contributed by atoms with van der Waals surface area (Å²) in [5, 5.41) is 8.05. The first-order chi connectivity index (χ1) is 13.4. The fourth-order valence-electron chi connectivity index (χ4n) is 3.82. The largest absolute Gasteiger partial charge is 0.319 e. The Hall–Kier alpha value is -2.66. The number of carbonyl (C=O) groups excluding carboxylic acids is 1. The second-order valence-corrected chi connectivity index (χ2v) is 7.67. The summed E-state index contributed by atoms with van der Waals surface area (Å²) in [6, 6.07) is 9.98. The standard InChI is InChI=1S/C22H21ClFN3O/c1-13-11-14(2)20(18(23)12-13)25-22(28)21-17-5-3-4-6-19(17)27(26-21)16-9-7-15(24)8-10-16/h7-12H,3-6H2,1-2H3,(H,25,28). The van der Waals surface area contributed by atoms with E-state index in [2.05, 4.69) is 10.4 Å². The normalized spacial score (nSPS) is 13.3. The molecule has 0 bridgehead atoms.